The highest BCUT2D eigenvalue weighted by atomic mass is 31.2. The van der Waals surface area contributed by atoms with Gasteiger partial charge in [0, 0.05) is 25.7 Å². The molecule has 0 saturated heterocycles. The van der Waals surface area contributed by atoms with Crippen molar-refractivity contribution in [3.8, 4) is 0 Å². The molecule has 0 saturated carbocycles. The Kier molecular flexibility index (Phi) is 67.4. The van der Waals surface area contributed by atoms with Gasteiger partial charge in [0.15, 0.2) is 12.2 Å². The molecule has 6 atom stereocenters. The van der Waals surface area contributed by atoms with Crippen LogP contribution in [0.1, 0.15) is 401 Å². The highest BCUT2D eigenvalue weighted by molar-refractivity contribution is 7.47. The van der Waals surface area contributed by atoms with E-state index in [1.165, 1.54) is 218 Å². The van der Waals surface area contributed by atoms with E-state index in [1.807, 2.05) is 0 Å². The van der Waals surface area contributed by atoms with Gasteiger partial charge in [-0.1, -0.05) is 350 Å². The van der Waals surface area contributed by atoms with Crippen molar-refractivity contribution in [3.63, 3.8) is 0 Å². The lowest BCUT2D eigenvalue weighted by Gasteiger charge is -2.21. The predicted molar refractivity (Wildman–Crippen MR) is 391 cm³/mol. The fourth-order valence-electron chi connectivity index (χ4n) is 11.8. The first-order valence-corrected chi connectivity index (χ1v) is 43.0. The number of phosphoric ester groups is 2. The Bertz CT molecular complexity index is 1860. The average Bonchev–Trinajstić information content (AvgIpc) is 1.22. The molecule has 0 aromatic rings. The largest absolute Gasteiger partial charge is 0.472 e. The Hall–Kier alpha value is -1.94. The summed E-state index contributed by atoms with van der Waals surface area (Å²) in [5, 5.41) is 10.6. The quantitative estimate of drug-likeness (QED) is 0.0222. The van der Waals surface area contributed by atoms with Gasteiger partial charge in [-0.25, -0.2) is 9.13 Å². The van der Waals surface area contributed by atoms with Gasteiger partial charge in [-0.2, -0.15) is 0 Å². The van der Waals surface area contributed by atoms with Gasteiger partial charge in [0.2, 0.25) is 0 Å². The number of rotatable bonds is 76. The molecule has 0 heterocycles. The number of hydrogen-bond acceptors (Lipinski definition) is 15. The third-order valence-electron chi connectivity index (χ3n) is 18.3. The van der Waals surface area contributed by atoms with Gasteiger partial charge in [-0.05, 0) is 37.5 Å². The van der Waals surface area contributed by atoms with Crippen LogP contribution >= 0.6 is 15.6 Å². The zero-order valence-corrected chi connectivity index (χ0v) is 64.5. The first kappa shape index (κ1) is 94.1. The van der Waals surface area contributed by atoms with Gasteiger partial charge in [0.25, 0.3) is 0 Å². The van der Waals surface area contributed by atoms with Crippen molar-refractivity contribution in [1.29, 1.82) is 0 Å². The highest BCUT2D eigenvalue weighted by Gasteiger charge is 2.30. The number of aliphatic hydroxyl groups is 1. The van der Waals surface area contributed by atoms with Crippen LogP contribution in [-0.2, 0) is 65.4 Å². The van der Waals surface area contributed by atoms with Crippen molar-refractivity contribution in [3.05, 3.63) is 0 Å². The van der Waals surface area contributed by atoms with E-state index in [4.69, 9.17) is 37.0 Å². The number of ether oxygens (including phenoxy) is 4. The van der Waals surface area contributed by atoms with Gasteiger partial charge >= 0.3 is 39.5 Å². The molecule has 0 aliphatic rings. The molecule has 17 nitrogen and oxygen atoms in total. The van der Waals surface area contributed by atoms with Crippen LogP contribution in [0, 0.1) is 11.8 Å². The molecule has 0 aliphatic carbocycles. The maximum Gasteiger partial charge on any atom is 0.472 e. The summed E-state index contributed by atoms with van der Waals surface area (Å²) in [5.41, 5.74) is 0. The molecule has 0 radical (unpaired) electrons. The molecular weight excluding hydrogens is 1260 g/mol. The maximum atomic E-state index is 13.1. The second-order valence-electron chi connectivity index (χ2n) is 28.5. The van der Waals surface area contributed by atoms with E-state index in [0.29, 0.717) is 25.7 Å². The molecule has 0 aliphatic heterocycles. The molecule has 0 aromatic carbocycles. The van der Waals surface area contributed by atoms with Crippen molar-refractivity contribution >= 4 is 39.5 Å². The minimum Gasteiger partial charge on any atom is -0.462 e. The Balaban J connectivity index is 5.26. The summed E-state index contributed by atoms with van der Waals surface area (Å²) >= 11 is 0. The van der Waals surface area contributed by atoms with Gasteiger partial charge in [-0.15, -0.1) is 0 Å². The Morgan fingerprint density at radius 3 is 0.792 bits per heavy atom. The highest BCUT2D eigenvalue weighted by Crippen LogP contribution is 2.45. The lowest BCUT2D eigenvalue weighted by atomic mass is 9.99. The first-order valence-electron chi connectivity index (χ1n) is 40.0. The number of hydrogen-bond donors (Lipinski definition) is 3. The van der Waals surface area contributed by atoms with E-state index in [-0.39, 0.29) is 25.7 Å². The normalized spacial score (nSPS) is 14.3. The maximum absolute atomic E-state index is 13.1. The predicted octanol–water partition coefficient (Wildman–Crippen LogP) is 22.7. The fourth-order valence-corrected chi connectivity index (χ4v) is 13.4. The number of unbranched alkanes of at least 4 members (excludes halogenated alkanes) is 45. The van der Waals surface area contributed by atoms with E-state index in [2.05, 4.69) is 41.5 Å². The van der Waals surface area contributed by atoms with E-state index < -0.39 is 97.5 Å². The summed E-state index contributed by atoms with van der Waals surface area (Å²) in [5.74, 6) is -0.507. The Morgan fingerprint density at radius 1 is 0.302 bits per heavy atom. The lowest BCUT2D eigenvalue weighted by Crippen LogP contribution is -2.30. The van der Waals surface area contributed by atoms with Gasteiger partial charge in [0.1, 0.15) is 19.3 Å². The minimum atomic E-state index is -4.96. The van der Waals surface area contributed by atoms with E-state index in [1.54, 1.807) is 0 Å². The van der Waals surface area contributed by atoms with Crippen LogP contribution < -0.4 is 0 Å². The third kappa shape index (κ3) is 69.2. The summed E-state index contributed by atoms with van der Waals surface area (Å²) in [6.07, 6.45) is 56.6. The molecule has 0 bridgehead atoms. The number of carbonyl (C=O) groups excluding carboxylic acids is 4. The number of phosphoric acid groups is 2. The molecule has 96 heavy (non-hydrogen) atoms. The Labute approximate surface area is 588 Å². The summed E-state index contributed by atoms with van der Waals surface area (Å²) in [6, 6.07) is 0. The third-order valence-corrected chi connectivity index (χ3v) is 20.2. The SMILES string of the molecule is CCCCCCCCCCCCCCCCC(=O)O[C@H](COC(=O)CCCCCCCCCCCCC)COP(=O)(O)OC[C@H](O)COP(=O)(O)OC[C@@H](COC(=O)CCCCCCCCCCCCC(C)CC)OC(=O)CCCCCCCCCCCCCCCCC(C)C. The molecule has 0 spiro atoms. The molecule has 3 N–H and O–H groups in total. The fraction of sp³-hybridized carbons (Fsp3) is 0.948. The monoisotopic (exact) mass is 1410 g/mol. The van der Waals surface area contributed by atoms with Gasteiger partial charge in [0.05, 0.1) is 26.4 Å². The summed E-state index contributed by atoms with van der Waals surface area (Å²) < 4.78 is 68.6. The molecule has 0 amide bonds. The number of aliphatic hydroxyl groups excluding tert-OH is 1. The van der Waals surface area contributed by atoms with Crippen LogP contribution in [0.4, 0.5) is 0 Å². The summed E-state index contributed by atoms with van der Waals surface area (Å²) in [6.45, 7) is 9.66. The van der Waals surface area contributed by atoms with E-state index >= 15 is 0 Å². The standard InChI is InChI=1S/C77H150O17P2/c1-7-10-12-14-16-18-20-21-25-29-37-43-49-55-61-76(81)93-72(65-87-74(79)59-53-47-41-35-27-19-17-15-13-11-8-2)67-91-95(83,84)89-63-71(78)64-90-96(85,86)92-68-73(66-88-75(80)60-54-48-42-36-32-31-34-40-46-52-58-70(6)9-3)94-77(82)62-56-50-44-38-30-26-23-22-24-28-33-39-45-51-57-69(4)5/h69-73,78H,7-68H2,1-6H3,(H,83,84)(H,85,86)/t70?,71-,72+,73+/m0/s1. The van der Waals surface area contributed by atoms with Crippen LogP contribution in [0.5, 0.6) is 0 Å². The van der Waals surface area contributed by atoms with E-state index in [9.17, 15) is 43.2 Å². The summed E-state index contributed by atoms with van der Waals surface area (Å²) in [4.78, 5) is 72.9. The molecular formula is C77H150O17P2. The molecule has 570 valence electrons. The smallest absolute Gasteiger partial charge is 0.462 e. The zero-order valence-electron chi connectivity index (χ0n) is 62.7. The number of esters is 4. The van der Waals surface area contributed by atoms with Crippen LogP contribution in [0.25, 0.3) is 0 Å². The van der Waals surface area contributed by atoms with Crippen molar-refractivity contribution in [1.82, 2.24) is 0 Å². The molecule has 3 unspecified atom stereocenters. The van der Waals surface area contributed by atoms with Gasteiger partial charge < -0.3 is 33.8 Å². The second kappa shape index (κ2) is 68.8. The first-order chi connectivity index (χ1) is 46.4. The van der Waals surface area contributed by atoms with Crippen molar-refractivity contribution < 1.29 is 80.2 Å². The van der Waals surface area contributed by atoms with Crippen molar-refractivity contribution in [2.24, 2.45) is 11.8 Å². The Morgan fingerprint density at radius 2 is 0.531 bits per heavy atom. The van der Waals surface area contributed by atoms with Crippen LogP contribution in [0.2, 0.25) is 0 Å². The second-order valence-corrected chi connectivity index (χ2v) is 31.4. The van der Waals surface area contributed by atoms with Crippen molar-refractivity contribution in [2.75, 3.05) is 39.6 Å². The number of carbonyl (C=O) groups is 4. The topological polar surface area (TPSA) is 237 Å². The van der Waals surface area contributed by atoms with Crippen LogP contribution in [0.15, 0.2) is 0 Å². The molecule has 0 fully saturated rings. The lowest BCUT2D eigenvalue weighted by molar-refractivity contribution is -0.161. The van der Waals surface area contributed by atoms with Crippen molar-refractivity contribution in [2.45, 2.75) is 419 Å². The minimum absolute atomic E-state index is 0.108. The summed E-state index contributed by atoms with van der Waals surface area (Å²) in [7, 11) is -9.91. The van der Waals surface area contributed by atoms with Crippen LogP contribution in [0.3, 0.4) is 0 Å². The zero-order chi connectivity index (χ0) is 70.7. The molecule has 19 heteroatoms. The molecule has 0 rings (SSSR count). The van der Waals surface area contributed by atoms with E-state index in [0.717, 1.165) is 102 Å². The van der Waals surface area contributed by atoms with Gasteiger partial charge in [-0.3, -0.25) is 37.3 Å². The van der Waals surface area contributed by atoms with Crippen LogP contribution in [-0.4, -0.2) is 96.7 Å². The molecule has 0 aromatic heterocycles. The average molecular weight is 1410 g/mol.